The van der Waals surface area contributed by atoms with Crippen molar-refractivity contribution in [3.63, 3.8) is 0 Å². The maximum atomic E-state index is 12.2. The van der Waals surface area contributed by atoms with Gasteiger partial charge >= 0.3 is 0 Å². The van der Waals surface area contributed by atoms with E-state index < -0.39 is 9.84 Å². The lowest BCUT2D eigenvalue weighted by Gasteiger charge is -2.14. The van der Waals surface area contributed by atoms with Crippen LogP contribution >= 0.6 is 0 Å². The van der Waals surface area contributed by atoms with Crippen LogP contribution < -0.4 is 5.32 Å². The minimum Gasteiger partial charge on any atom is -0.355 e. The molecule has 1 N–H and O–H groups in total. The molecular weight excluding hydrogens is 322 g/mol. The third-order valence-corrected chi connectivity index (χ3v) is 5.14. The van der Waals surface area contributed by atoms with Crippen molar-refractivity contribution in [2.24, 2.45) is 0 Å². The van der Waals surface area contributed by atoms with Gasteiger partial charge in [0.1, 0.15) is 0 Å². The maximum absolute atomic E-state index is 12.2. The molecule has 0 aliphatic carbocycles. The molecule has 2 rings (SSSR count). The number of amides is 1. The molecule has 24 heavy (non-hydrogen) atoms. The molecule has 0 radical (unpaired) electrons. The number of carbonyl (C=O) groups excluding carboxylic acids is 1. The lowest BCUT2D eigenvalue weighted by Crippen LogP contribution is -2.29. The van der Waals surface area contributed by atoms with Crippen molar-refractivity contribution in [3.05, 3.63) is 65.2 Å². The molecule has 0 saturated heterocycles. The molecular formula is C19H23NO3S. The highest BCUT2D eigenvalue weighted by atomic mass is 32.2. The average molecular weight is 345 g/mol. The summed E-state index contributed by atoms with van der Waals surface area (Å²) in [6, 6.07) is 14.8. The molecule has 4 nitrogen and oxygen atoms in total. The highest BCUT2D eigenvalue weighted by Gasteiger charge is 2.15. The largest absolute Gasteiger partial charge is 0.355 e. The van der Waals surface area contributed by atoms with E-state index in [4.69, 9.17) is 0 Å². The summed E-state index contributed by atoms with van der Waals surface area (Å²) >= 11 is 0. The van der Waals surface area contributed by atoms with Gasteiger partial charge in [0.25, 0.3) is 0 Å². The normalized spacial score (nSPS) is 12.6. The van der Waals surface area contributed by atoms with Gasteiger partial charge in [-0.1, -0.05) is 55.0 Å². The number of aryl methyl sites for hydroxylation is 1. The molecule has 128 valence electrons. The summed E-state index contributed by atoms with van der Waals surface area (Å²) in [5.74, 6) is 0.0182. The van der Waals surface area contributed by atoms with E-state index in [1.54, 1.807) is 18.2 Å². The zero-order valence-corrected chi connectivity index (χ0v) is 15.1. The van der Waals surface area contributed by atoms with Crippen LogP contribution in [0.1, 0.15) is 29.5 Å². The Labute approximate surface area is 143 Å². The van der Waals surface area contributed by atoms with Crippen LogP contribution in [-0.4, -0.2) is 27.1 Å². The van der Waals surface area contributed by atoms with Crippen LogP contribution in [0.15, 0.2) is 53.4 Å². The van der Waals surface area contributed by atoms with Crippen LogP contribution in [0.25, 0.3) is 0 Å². The second kappa shape index (κ2) is 7.62. The van der Waals surface area contributed by atoms with E-state index in [-0.39, 0.29) is 23.1 Å². The molecule has 2 aromatic rings. The number of benzene rings is 2. The molecule has 0 heterocycles. The van der Waals surface area contributed by atoms with Crippen molar-refractivity contribution < 1.29 is 13.2 Å². The summed E-state index contributed by atoms with van der Waals surface area (Å²) in [6.07, 6.45) is 1.22. The molecule has 0 bridgehead atoms. The van der Waals surface area contributed by atoms with Gasteiger partial charge in [-0.25, -0.2) is 8.42 Å². The molecule has 0 aromatic heterocycles. The number of rotatable bonds is 6. The Morgan fingerprint density at radius 3 is 2.50 bits per heavy atom. The molecule has 0 spiro atoms. The highest BCUT2D eigenvalue weighted by molar-refractivity contribution is 7.90. The van der Waals surface area contributed by atoms with Gasteiger partial charge in [-0.15, -0.1) is 0 Å². The number of carbonyl (C=O) groups is 1. The molecule has 5 heteroatoms. The van der Waals surface area contributed by atoms with E-state index in [1.807, 2.05) is 25.1 Å². The van der Waals surface area contributed by atoms with E-state index in [2.05, 4.69) is 18.3 Å². The van der Waals surface area contributed by atoms with Crippen molar-refractivity contribution in [1.29, 1.82) is 0 Å². The number of sulfone groups is 1. The molecule has 1 amide bonds. The standard InChI is InChI=1S/C19H23NO3S/c1-14-7-6-9-16(11-14)15(2)13-20-19(21)12-17-8-4-5-10-18(17)24(3,22)23/h4-11,15H,12-13H2,1-3H3,(H,20,21)/t15-/m1/s1. The van der Waals surface area contributed by atoms with E-state index >= 15 is 0 Å². The minimum atomic E-state index is -3.34. The van der Waals surface area contributed by atoms with Crippen molar-refractivity contribution in [3.8, 4) is 0 Å². The third-order valence-electron chi connectivity index (χ3n) is 3.94. The molecule has 0 saturated carbocycles. The first kappa shape index (κ1) is 18.2. The number of hydrogen-bond donors (Lipinski definition) is 1. The van der Waals surface area contributed by atoms with Crippen LogP contribution in [-0.2, 0) is 21.1 Å². The Morgan fingerprint density at radius 2 is 1.83 bits per heavy atom. The molecule has 0 unspecified atom stereocenters. The number of hydrogen-bond acceptors (Lipinski definition) is 3. The zero-order chi connectivity index (χ0) is 17.7. The monoisotopic (exact) mass is 345 g/mol. The minimum absolute atomic E-state index is 0.0593. The van der Waals surface area contributed by atoms with Gasteiger partial charge in [0.15, 0.2) is 9.84 Å². The zero-order valence-electron chi connectivity index (χ0n) is 14.2. The summed E-state index contributed by atoms with van der Waals surface area (Å²) in [4.78, 5) is 12.4. The first-order chi connectivity index (χ1) is 11.3. The quantitative estimate of drug-likeness (QED) is 0.875. The van der Waals surface area contributed by atoms with E-state index in [0.29, 0.717) is 12.1 Å². The van der Waals surface area contributed by atoms with Gasteiger partial charge in [-0.05, 0) is 30.0 Å². The van der Waals surface area contributed by atoms with Gasteiger partial charge < -0.3 is 5.32 Å². The van der Waals surface area contributed by atoms with Gasteiger partial charge in [0.05, 0.1) is 11.3 Å². The van der Waals surface area contributed by atoms with Crippen molar-refractivity contribution in [2.45, 2.75) is 31.1 Å². The Bertz CT molecular complexity index is 828. The Morgan fingerprint density at radius 1 is 1.12 bits per heavy atom. The third kappa shape index (κ3) is 4.93. The molecule has 0 fully saturated rings. The predicted octanol–water partition coefficient (Wildman–Crippen LogP) is 2.86. The van der Waals surface area contributed by atoms with Crippen LogP contribution in [0.4, 0.5) is 0 Å². The van der Waals surface area contributed by atoms with Crippen LogP contribution in [0.5, 0.6) is 0 Å². The van der Waals surface area contributed by atoms with Crippen LogP contribution in [0.2, 0.25) is 0 Å². The first-order valence-corrected chi connectivity index (χ1v) is 9.77. The van der Waals surface area contributed by atoms with Crippen molar-refractivity contribution in [2.75, 3.05) is 12.8 Å². The topological polar surface area (TPSA) is 63.2 Å². The van der Waals surface area contributed by atoms with Crippen LogP contribution in [0.3, 0.4) is 0 Å². The van der Waals surface area contributed by atoms with E-state index in [9.17, 15) is 13.2 Å². The summed E-state index contributed by atoms with van der Waals surface area (Å²) in [7, 11) is -3.34. The Kier molecular flexibility index (Phi) is 5.78. The predicted molar refractivity (Wildman–Crippen MR) is 95.9 cm³/mol. The smallest absolute Gasteiger partial charge is 0.224 e. The maximum Gasteiger partial charge on any atom is 0.224 e. The fourth-order valence-corrected chi connectivity index (χ4v) is 3.55. The van der Waals surface area contributed by atoms with Crippen molar-refractivity contribution in [1.82, 2.24) is 5.32 Å². The fourth-order valence-electron chi connectivity index (χ4n) is 2.61. The second-order valence-corrected chi connectivity index (χ2v) is 8.16. The molecule has 2 aromatic carbocycles. The summed E-state index contributed by atoms with van der Waals surface area (Å²) in [6.45, 7) is 4.61. The Hall–Kier alpha value is -2.14. The van der Waals surface area contributed by atoms with Gasteiger partial charge in [0, 0.05) is 12.8 Å². The van der Waals surface area contributed by atoms with Gasteiger partial charge in [-0.3, -0.25) is 4.79 Å². The lowest BCUT2D eigenvalue weighted by atomic mass is 9.99. The fraction of sp³-hybridized carbons (Fsp3) is 0.316. The van der Waals surface area contributed by atoms with Crippen molar-refractivity contribution >= 4 is 15.7 Å². The van der Waals surface area contributed by atoms with Gasteiger partial charge in [-0.2, -0.15) is 0 Å². The van der Waals surface area contributed by atoms with Gasteiger partial charge in [0.2, 0.25) is 5.91 Å². The first-order valence-electron chi connectivity index (χ1n) is 7.88. The summed E-state index contributed by atoms with van der Waals surface area (Å²) in [5.41, 5.74) is 2.89. The molecule has 0 aliphatic rings. The lowest BCUT2D eigenvalue weighted by molar-refractivity contribution is -0.120. The Balaban J connectivity index is 2.00. The SMILES string of the molecule is Cc1cccc([C@H](C)CNC(=O)Cc2ccccc2S(C)(=O)=O)c1. The van der Waals surface area contributed by atoms with E-state index in [1.165, 1.54) is 17.2 Å². The van der Waals surface area contributed by atoms with Crippen LogP contribution in [0, 0.1) is 6.92 Å². The number of nitrogens with one attached hydrogen (secondary N) is 1. The highest BCUT2D eigenvalue weighted by Crippen LogP contribution is 2.17. The van der Waals surface area contributed by atoms with E-state index in [0.717, 1.165) is 6.26 Å². The summed E-state index contributed by atoms with van der Waals surface area (Å²) in [5, 5.41) is 2.89. The molecule has 0 aliphatic heterocycles. The average Bonchev–Trinajstić information content (AvgIpc) is 2.52. The molecule has 1 atom stereocenters. The second-order valence-electron chi connectivity index (χ2n) is 6.18. The summed E-state index contributed by atoms with van der Waals surface area (Å²) < 4.78 is 23.6.